The molecular weight excluding hydrogens is 325 g/mol. The minimum atomic E-state index is -5.03. The van der Waals surface area contributed by atoms with Crippen LogP contribution in [0.2, 0.25) is 0 Å². The van der Waals surface area contributed by atoms with E-state index in [0.717, 1.165) is 7.11 Å². The lowest BCUT2D eigenvalue weighted by Crippen LogP contribution is -2.42. The van der Waals surface area contributed by atoms with Gasteiger partial charge in [-0.05, 0) is 45.5 Å². The molecule has 0 atom stereocenters. The Balaban J connectivity index is 3.23. The molecule has 24 heavy (non-hydrogen) atoms. The third kappa shape index (κ3) is 5.23. The first-order valence-corrected chi connectivity index (χ1v) is 7.44. The van der Waals surface area contributed by atoms with Crippen molar-refractivity contribution in [2.75, 3.05) is 32.1 Å². The summed E-state index contributed by atoms with van der Waals surface area (Å²) in [6, 6.07) is 4.29. The SMILES string of the molecule is CNCCCCN(C(=O)C(F)(F)F)c1ccc(C)cc1C(=O)OC. The molecule has 0 bridgehead atoms. The monoisotopic (exact) mass is 346 g/mol. The Labute approximate surface area is 138 Å². The number of benzene rings is 1. The number of anilines is 1. The van der Waals surface area contributed by atoms with E-state index in [1.807, 2.05) is 0 Å². The van der Waals surface area contributed by atoms with Gasteiger partial charge in [0.15, 0.2) is 0 Å². The maximum atomic E-state index is 12.9. The Morgan fingerprint density at radius 1 is 1.25 bits per heavy atom. The predicted molar refractivity (Wildman–Crippen MR) is 84.1 cm³/mol. The minimum Gasteiger partial charge on any atom is -0.465 e. The zero-order chi connectivity index (χ0) is 18.3. The van der Waals surface area contributed by atoms with Crippen LogP contribution in [-0.4, -0.2) is 45.3 Å². The second-order valence-electron chi connectivity index (χ2n) is 5.28. The van der Waals surface area contributed by atoms with Crippen molar-refractivity contribution in [1.82, 2.24) is 5.32 Å². The van der Waals surface area contributed by atoms with Crippen LogP contribution in [0.1, 0.15) is 28.8 Å². The van der Waals surface area contributed by atoms with Crippen LogP contribution < -0.4 is 10.2 Å². The average Bonchev–Trinajstić information content (AvgIpc) is 2.53. The molecule has 0 spiro atoms. The Hall–Kier alpha value is -2.09. The number of nitrogens with one attached hydrogen (secondary N) is 1. The summed E-state index contributed by atoms with van der Waals surface area (Å²) < 4.78 is 43.4. The molecule has 0 saturated heterocycles. The smallest absolute Gasteiger partial charge is 0.465 e. The van der Waals surface area contributed by atoms with E-state index >= 15 is 0 Å². The van der Waals surface area contributed by atoms with Crippen molar-refractivity contribution in [3.05, 3.63) is 29.3 Å². The number of nitrogens with zero attached hydrogens (tertiary/aromatic N) is 1. The van der Waals surface area contributed by atoms with Gasteiger partial charge in [-0.15, -0.1) is 0 Å². The Bertz CT molecular complexity index is 588. The highest BCUT2D eigenvalue weighted by atomic mass is 19.4. The molecule has 0 aliphatic carbocycles. The molecule has 134 valence electrons. The van der Waals surface area contributed by atoms with E-state index in [2.05, 4.69) is 10.1 Å². The van der Waals surface area contributed by atoms with Gasteiger partial charge >= 0.3 is 18.1 Å². The fraction of sp³-hybridized carbons (Fsp3) is 0.500. The molecule has 0 heterocycles. The van der Waals surface area contributed by atoms with Crippen LogP contribution in [0.4, 0.5) is 18.9 Å². The first-order valence-electron chi connectivity index (χ1n) is 7.44. The van der Waals surface area contributed by atoms with Crippen molar-refractivity contribution in [1.29, 1.82) is 0 Å². The molecule has 0 fully saturated rings. The molecule has 0 unspecified atom stereocenters. The van der Waals surface area contributed by atoms with E-state index < -0.39 is 18.1 Å². The lowest BCUT2D eigenvalue weighted by molar-refractivity contribution is -0.170. The summed E-state index contributed by atoms with van der Waals surface area (Å²) in [5, 5.41) is 2.89. The normalized spacial score (nSPS) is 11.2. The van der Waals surface area contributed by atoms with Gasteiger partial charge in [0.05, 0.1) is 18.4 Å². The van der Waals surface area contributed by atoms with Crippen molar-refractivity contribution in [2.24, 2.45) is 0 Å². The Kier molecular flexibility index (Phi) is 7.21. The van der Waals surface area contributed by atoms with Crippen LogP contribution in [0, 0.1) is 6.92 Å². The molecule has 8 heteroatoms. The summed E-state index contributed by atoms with van der Waals surface area (Å²) in [6.45, 7) is 2.16. The maximum Gasteiger partial charge on any atom is 0.471 e. The van der Waals surface area contributed by atoms with E-state index in [4.69, 9.17) is 0 Å². The summed E-state index contributed by atoms with van der Waals surface area (Å²) in [6.07, 6.45) is -4.07. The number of methoxy groups -OCH3 is 1. The van der Waals surface area contributed by atoms with Crippen molar-refractivity contribution in [3.63, 3.8) is 0 Å². The molecule has 0 radical (unpaired) electrons. The van der Waals surface area contributed by atoms with E-state index in [9.17, 15) is 22.8 Å². The molecule has 1 N–H and O–H groups in total. The van der Waals surface area contributed by atoms with Gasteiger partial charge in [-0.3, -0.25) is 4.79 Å². The number of hydrogen-bond donors (Lipinski definition) is 1. The Morgan fingerprint density at radius 2 is 1.92 bits per heavy atom. The summed E-state index contributed by atoms with van der Waals surface area (Å²) >= 11 is 0. The van der Waals surface area contributed by atoms with Gasteiger partial charge in [-0.2, -0.15) is 13.2 Å². The highest BCUT2D eigenvalue weighted by Gasteiger charge is 2.43. The molecular formula is C16H21F3N2O3. The third-order valence-corrected chi connectivity index (χ3v) is 3.39. The zero-order valence-electron chi connectivity index (χ0n) is 13.9. The molecule has 0 aliphatic heterocycles. The number of aryl methyl sites for hydroxylation is 1. The Morgan fingerprint density at radius 3 is 2.46 bits per heavy atom. The summed E-state index contributed by atoms with van der Waals surface area (Å²) in [4.78, 5) is 24.3. The van der Waals surface area contributed by atoms with Gasteiger partial charge in [0, 0.05) is 6.54 Å². The number of unbranched alkanes of at least 4 members (excludes halogenated alkanes) is 1. The number of rotatable bonds is 7. The molecule has 0 aromatic heterocycles. The second-order valence-corrected chi connectivity index (χ2v) is 5.28. The molecule has 1 aromatic rings. The van der Waals surface area contributed by atoms with Crippen molar-refractivity contribution in [2.45, 2.75) is 25.9 Å². The number of ether oxygens (including phenoxy) is 1. The number of amides is 1. The number of alkyl halides is 3. The van der Waals surface area contributed by atoms with Gasteiger partial charge in [0.25, 0.3) is 0 Å². The molecule has 1 rings (SSSR count). The van der Waals surface area contributed by atoms with Crippen molar-refractivity contribution < 1.29 is 27.5 Å². The third-order valence-electron chi connectivity index (χ3n) is 3.39. The van der Waals surface area contributed by atoms with Crippen LogP contribution in [-0.2, 0) is 9.53 Å². The van der Waals surface area contributed by atoms with Gasteiger partial charge < -0.3 is 15.0 Å². The zero-order valence-corrected chi connectivity index (χ0v) is 13.9. The fourth-order valence-electron chi connectivity index (χ4n) is 2.21. The van der Waals surface area contributed by atoms with Crippen LogP contribution in [0.5, 0.6) is 0 Å². The molecule has 0 saturated carbocycles. The lowest BCUT2D eigenvalue weighted by atomic mass is 10.1. The topological polar surface area (TPSA) is 58.6 Å². The van der Waals surface area contributed by atoms with Gasteiger partial charge in [-0.25, -0.2) is 4.79 Å². The van der Waals surface area contributed by atoms with Gasteiger partial charge in [-0.1, -0.05) is 11.6 Å². The first-order chi connectivity index (χ1) is 11.2. The van der Waals surface area contributed by atoms with Crippen molar-refractivity contribution >= 4 is 17.6 Å². The number of hydrogen-bond acceptors (Lipinski definition) is 4. The summed E-state index contributed by atoms with van der Waals surface area (Å²) in [5.74, 6) is -2.79. The molecule has 5 nitrogen and oxygen atoms in total. The van der Waals surface area contributed by atoms with E-state index in [-0.39, 0.29) is 17.8 Å². The average molecular weight is 346 g/mol. The quantitative estimate of drug-likeness (QED) is 0.609. The number of carbonyl (C=O) groups is 2. The molecule has 0 aliphatic rings. The standard InChI is InChI=1S/C16H21F3N2O3/c1-11-6-7-13(12(10-11)14(22)24-3)21(9-5-4-8-20-2)15(23)16(17,18)19/h6-7,10,20H,4-5,8-9H2,1-3H3. The lowest BCUT2D eigenvalue weighted by Gasteiger charge is -2.26. The number of halogens is 3. The largest absolute Gasteiger partial charge is 0.471 e. The van der Waals surface area contributed by atoms with Crippen LogP contribution >= 0.6 is 0 Å². The predicted octanol–water partition coefficient (Wildman–Crippen LogP) is 2.68. The summed E-state index contributed by atoms with van der Waals surface area (Å²) in [7, 11) is 2.87. The number of esters is 1. The molecule has 1 aromatic carbocycles. The summed E-state index contributed by atoms with van der Waals surface area (Å²) in [5.41, 5.74) is 0.511. The van der Waals surface area contributed by atoms with E-state index in [1.54, 1.807) is 20.0 Å². The van der Waals surface area contributed by atoms with Crippen LogP contribution in [0.3, 0.4) is 0 Å². The maximum absolute atomic E-state index is 12.9. The van der Waals surface area contributed by atoms with Crippen molar-refractivity contribution in [3.8, 4) is 0 Å². The minimum absolute atomic E-state index is 0.0660. The van der Waals surface area contributed by atoms with Gasteiger partial charge in [0.1, 0.15) is 0 Å². The highest BCUT2D eigenvalue weighted by Crippen LogP contribution is 2.28. The van der Waals surface area contributed by atoms with E-state index in [1.165, 1.54) is 12.1 Å². The first kappa shape index (κ1) is 20.0. The second kappa shape index (κ2) is 8.68. The van der Waals surface area contributed by atoms with Gasteiger partial charge in [0.2, 0.25) is 0 Å². The van der Waals surface area contributed by atoms with Crippen LogP contribution in [0.25, 0.3) is 0 Å². The van der Waals surface area contributed by atoms with E-state index in [0.29, 0.717) is 29.8 Å². The number of carbonyl (C=O) groups excluding carboxylic acids is 2. The highest BCUT2D eigenvalue weighted by molar-refractivity contribution is 6.04. The van der Waals surface area contributed by atoms with Crippen LogP contribution in [0.15, 0.2) is 18.2 Å². The molecule has 1 amide bonds. The fourth-order valence-corrected chi connectivity index (χ4v) is 2.21.